The van der Waals surface area contributed by atoms with Crippen LogP contribution >= 0.6 is 45.8 Å². The van der Waals surface area contributed by atoms with Crippen LogP contribution in [-0.4, -0.2) is 11.0 Å². The Labute approximate surface area is 133 Å². The first-order valence-corrected chi connectivity index (χ1v) is 7.06. The minimum Gasteiger partial charge on any atom is -0.507 e. The minimum atomic E-state index is -0.365. The molecule has 6 heteroatoms. The molecule has 0 aliphatic carbocycles. The highest BCUT2D eigenvalue weighted by Crippen LogP contribution is 2.30. The maximum absolute atomic E-state index is 12.0. The molecule has 2 aromatic carbocycles. The Hall–Kier alpha value is -0.980. The number of halogens is 3. The number of hydrogen-bond donors (Lipinski definition) is 2. The molecule has 2 rings (SSSR count). The van der Waals surface area contributed by atoms with Gasteiger partial charge in [0, 0.05) is 5.56 Å². The van der Waals surface area contributed by atoms with Gasteiger partial charge in [-0.3, -0.25) is 4.79 Å². The topological polar surface area (TPSA) is 49.3 Å². The summed E-state index contributed by atoms with van der Waals surface area (Å²) in [5.74, 6) is -0.304. The van der Waals surface area contributed by atoms with Gasteiger partial charge >= 0.3 is 0 Å². The average molecular weight is 408 g/mol. The van der Waals surface area contributed by atoms with Gasteiger partial charge in [-0.25, -0.2) is 0 Å². The summed E-state index contributed by atoms with van der Waals surface area (Å²) < 4.78 is 0.676. The van der Waals surface area contributed by atoms with Gasteiger partial charge in [0.25, 0.3) is 5.91 Å². The summed E-state index contributed by atoms with van der Waals surface area (Å²) in [4.78, 5) is 12.0. The Morgan fingerprint density at radius 2 is 1.95 bits per heavy atom. The van der Waals surface area contributed by atoms with E-state index >= 15 is 0 Å². The van der Waals surface area contributed by atoms with E-state index in [2.05, 4.69) is 5.32 Å². The predicted molar refractivity (Wildman–Crippen MR) is 85.2 cm³/mol. The first-order valence-electron chi connectivity index (χ1n) is 5.23. The summed E-state index contributed by atoms with van der Waals surface area (Å²) in [7, 11) is 0. The molecule has 2 N–H and O–H groups in total. The zero-order valence-corrected chi connectivity index (χ0v) is 13.1. The second-order valence-electron chi connectivity index (χ2n) is 3.72. The normalized spacial score (nSPS) is 10.3. The SMILES string of the molecule is O=C(Nc1cccc(Cl)c1Cl)c1ccc(I)c(O)c1. The van der Waals surface area contributed by atoms with E-state index in [-0.39, 0.29) is 16.7 Å². The summed E-state index contributed by atoms with van der Waals surface area (Å²) in [6.45, 7) is 0. The molecular formula is C13H8Cl2INO2. The highest BCUT2D eigenvalue weighted by atomic mass is 127. The molecule has 0 bridgehead atoms. The van der Waals surface area contributed by atoms with E-state index in [1.165, 1.54) is 6.07 Å². The van der Waals surface area contributed by atoms with Crippen molar-refractivity contribution in [2.24, 2.45) is 0 Å². The predicted octanol–water partition coefficient (Wildman–Crippen LogP) is 4.56. The Bertz CT molecular complexity index is 647. The summed E-state index contributed by atoms with van der Waals surface area (Å²) in [6, 6.07) is 9.65. The number of aromatic hydroxyl groups is 1. The third-order valence-corrected chi connectivity index (χ3v) is 4.14. The van der Waals surface area contributed by atoms with Crippen LogP contribution in [0.25, 0.3) is 0 Å². The number of phenolic OH excluding ortho intramolecular Hbond substituents is 1. The number of phenols is 1. The van der Waals surface area contributed by atoms with Crippen LogP contribution in [0.15, 0.2) is 36.4 Å². The van der Waals surface area contributed by atoms with Gasteiger partial charge in [-0.1, -0.05) is 29.3 Å². The molecule has 3 nitrogen and oxygen atoms in total. The van der Waals surface area contributed by atoms with Crippen LogP contribution in [0.2, 0.25) is 10.0 Å². The van der Waals surface area contributed by atoms with Crippen molar-refractivity contribution in [1.82, 2.24) is 0 Å². The summed E-state index contributed by atoms with van der Waals surface area (Å²) in [5, 5.41) is 12.9. The highest BCUT2D eigenvalue weighted by Gasteiger charge is 2.11. The first kappa shape index (κ1) is 14.4. The molecule has 2 aromatic rings. The largest absolute Gasteiger partial charge is 0.507 e. The van der Waals surface area contributed by atoms with E-state index in [9.17, 15) is 9.90 Å². The lowest BCUT2D eigenvalue weighted by Gasteiger charge is -2.08. The standard InChI is InChI=1S/C13H8Cl2INO2/c14-8-2-1-3-10(12(8)15)17-13(19)7-4-5-9(16)11(18)6-7/h1-6,18H,(H,17,19). The lowest BCUT2D eigenvalue weighted by Crippen LogP contribution is -2.12. The molecule has 0 unspecified atom stereocenters. The Balaban J connectivity index is 2.26. The van der Waals surface area contributed by atoms with Crippen LogP contribution < -0.4 is 5.32 Å². The second kappa shape index (κ2) is 5.98. The average Bonchev–Trinajstić information content (AvgIpc) is 2.38. The number of carbonyl (C=O) groups is 1. The molecule has 0 aromatic heterocycles. The van der Waals surface area contributed by atoms with Crippen molar-refractivity contribution in [3.8, 4) is 5.75 Å². The van der Waals surface area contributed by atoms with Crippen molar-refractivity contribution in [1.29, 1.82) is 0 Å². The molecule has 1 amide bonds. The van der Waals surface area contributed by atoms with Gasteiger partial charge in [-0.15, -0.1) is 0 Å². The molecule has 0 heterocycles. The Morgan fingerprint density at radius 1 is 1.21 bits per heavy atom. The van der Waals surface area contributed by atoms with Gasteiger partial charge in [-0.2, -0.15) is 0 Å². The van der Waals surface area contributed by atoms with Crippen LogP contribution in [0.5, 0.6) is 5.75 Å². The maximum Gasteiger partial charge on any atom is 0.255 e. The van der Waals surface area contributed by atoms with Gasteiger partial charge in [0.05, 0.1) is 19.3 Å². The van der Waals surface area contributed by atoms with E-state index < -0.39 is 0 Å². The van der Waals surface area contributed by atoms with Crippen LogP contribution in [0.1, 0.15) is 10.4 Å². The number of carbonyl (C=O) groups excluding carboxylic acids is 1. The number of nitrogens with one attached hydrogen (secondary N) is 1. The molecule has 0 aliphatic rings. The van der Waals surface area contributed by atoms with Crippen molar-refractivity contribution >= 4 is 57.4 Å². The molecule has 0 atom stereocenters. The Morgan fingerprint density at radius 3 is 2.63 bits per heavy atom. The Kier molecular flexibility index (Phi) is 4.54. The van der Waals surface area contributed by atoms with Gasteiger partial charge in [-0.05, 0) is 52.9 Å². The number of anilines is 1. The second-order valence-corrected chi connectivity index (χ2v) is 5.67. The quantitative estimate of drug-likeness (QED) is 0.717. The zero-order valence-electron chi connectivity index (χ0n) is 9.45. The monoisotopic (exact) mass is 407 g/mol. The molecule has 0 radical (unpaired) electrons. The van der Waals surface area contributed by atoms with Crippen LogP contribution in [-0.2, 0) is 0 Å². The van der Waals surface area contributed by atoms with Gasteiger partial charge in [0.15, 0.2) is 0 Å². The highest BCUT2D eigenvalue weighted by molar-refractivity contribution is 14.1. The smallest absolute Gasteiger partial charge is 0.255 e. The summed E-state index contributed by atoms with van der Waals surface area (Å²) >= 11 is 13.8. The fraction of sp³-hybridized carbons (Fsp3) is 0. The van der Waals surface area contributed by atoms with Gasteiger partial charge in [0.1, 0.15) is 5.75 Å². The minimum absolute atomic E-state index is 0.0606. The van der Waals surface area contributed by atoms with Crippen LogP contribution in [0.3, 0.4) is 0 Å². The van der Waals surface area contributed by atoms with E-state index in [0.29, 0.717) is 19.8 Å². The zero-order chi connectivity index (χ0) is 14.0. The van der Waals surface area contributed by atoms with E-state index in [0.717, 1.165) is 0 Å². The fourth-order valence-corrected chi connectivity index (χ4v) is 2.13. The molecule has 0 spiro atoms. The van der Waals surface area contributed by atoms with Crippen molar-refractivity contribution in [3.05, 3.63) is 55.6 Å². The fourth-order valence-electron chi connectivity index (χ4n) is 1.45. The first-order chi connectivity index (χ1) is 8.99. The van der Waals surface area contributed by atoms with E-state index in [4.69, 9.17) is 23.2 Å². The van der Waals surface area contributed by atoms with Gasteiger partial charge < -0.3 is 10.4 Å². The van der Waals surface area contributed by atoms with E-state index in [1.807, 2.05) is 22.6 Å². The maximum atomic E-state index is 12.0. The van der Waals surface area contributed by atoms with Crippen LogP contribution in [0.4, 0.5) is 5.69 Å². The number of benzene rings is 2. The van der Waals surface area contributed by atoms with Gasteiger partial charge in [0.2, 0.25) is 0 Å². The number of hydrogen-bond acceptors (Lipinski definition) is 2. The van der Waals surface area contributed by atoms with E-state index in [1.54, 1.807) is 30.3 Å². The molecule has 0 saturated carbocycles. The lowest BCUT2D eigenvalue weighted by atomic mass is 10.2. The molecule has 19 heavy (non-hydrogen) atoms. The summed E-state index contributed by atoms with van der Waals surface area (Å²) in [6.07, 6.45) is 0. The van der Waals surface area contributed by atoms with Crippen molar-refractivity contribution in [3.63, 3.8) is 0 Å². The van der Waals surface area contributed by atoms with Crippen molar-refractivity contribution in [2.75, 3.05) is 5.32 Å². The molecular weight excluding hydrogens is 400 g/mol. The molecule has 0 fully saturated rings. The third-order valence-electron chi connectivity index (χ3n) is 2.41. The van der Waals surface area contributed by atoms with Crippen molar-refractivity contribution in [2.45, 2.75) is 0 Å². The third kappa shape index (κ3) is 3.32. The lowest BCUT2D eigenvalue weighted by molar-refractivity contribution is 0.102. The summed E-state index contributed by atoms with van der Waals surface area (Å²) in [5.41, 5.74) is 0.770. The number of amides is 1. The van der Waals surface area contributed by atoms with Crippen LogP contribution in [0, 0.1) is 3.57 Å². The number of rotatable bonds is 2. The molecule has 0 aliphatic heterocycles. The molecule has 0 saturated heterocycles. The van der Waals surface area contributed by atoms with Crippen molar-refractivity contribution < 1.29 is 9.90 Å². The molecule has 98 valence electrons.